The first-order chi connectivity index (χ1) is 15.4. The van der Waals surface area contributed by atoms with E-state index in [0.717, 1.165) is 49.1 Å². The first-order valence-corrected chi connectivity index (χ1v) is 12.1. The van der Waals surface area contributed by atoms with E-state index in [-0.39, 0.29) is 12.0 Å². The molecule has 0 aliphatic carbocycles. The fourth-order valence-electron chi connectivity index (χ4n) is 4.05. The lowest BCUT2D eigenvalue weighted by Crippen LogP contribution is -2.48. The van der Waals surface area contributed by atoms with Crippen LogP contribution in [0.5, 0.6) is 5.75 Å². The minimum absolute atomic E-state index is 0.0418. The fraction of sp³-hybridized carbons (Fsp3) is 0.440. The zero-order chi connectivity index (χ0) is 22.7. The maximum absolute atomic E-state index is 12.4. The number of nitrogens with zero attached hydrogens (tertiary/aromatic N) is 3. The summed E-state index contributed by atoms with van der Waals surface area (Å²) >= 11 is 1.79. The maximum Gasteiger partial charge on any atom is 0.251 e. The Kier molecular flexibility index (Phi) is 6.96. The van der Waals surface area contributed by atoms with Gasteiger partial charge in [-0.15, -0.1) is 0 Å². The average Bonchev–Trinajstić information content (AvgIpc) is 3.19. The zero-order valence-corrected chi connectivity index (χ0v) is 20.2. The normalized spacial score (nSPS) is 14.8. The summed E-state index contributed by atoms with van der Waals surface area (Å²) in [5.74, 6) is 0.743. The molecule has 32 heavy (non-hydrogen) atoms. The number of rotatable bonds is 7. The Hall–Kier alpha value is -2.64. The number of piperazine rings is 1. The molecule has 2 aromatic carbocycles. The minimum Gasteiger partial charge on any atom is -0.491 e. The molecule has 1 aliphatic heterocycles. The molecule has 0 atom stereocenters. The van der Waals surface area contributed by atoms with Gasteiger partial charge in [-0.1, -0.05) is 17.4 Å². The molecule has 3 aromatic rings. The van der Waals surface area contributed by atoms with E-state index in [1.165, 1.54) is 15.8 Å². The van der Waals surface area contributed by atoms with Crippen molar-refractivity contribution in [3.63, 3.8) is 0 Å². The molecule has 0 saturated carbocycles. The first kappa shape index (κ1) is 22.6. The van der Waals surface area contributed by atoms with Crippen LogP contribution in [0.2, 0.25) is 0 Å². The molecular formula is C25H32N4O2S. The van der Waals surface area contributed by atoms with E-state index in [1.54, 1.807) is 11.3 Å². The van der Waals surface area contributed by atoms with Gasteiger partial charge in [-0.05, 0) is 69.2 Å². The lowest BCUT2D eigenvalue weighted by molar-refractivity contribution is 0.0947. The average molecular weight is 453 g/mol. The van der Waals surface area contributed by atoms with Gasteiger partial charge in [0.25, 0.3) is 5.91 Å². The number of carbonyl (C=O) groups excluding carboxylic acids is 1. The van der Waals surface area contributed by atoms with Crippen LogP contribution in [0, 0.1) is 13.8 Å². The number of hydrogen-bond donors (Lipinski definition) is 1. The Morgan fingerprint density at radius 2 is 1.84 bits per heavy atom. The van der Waals surface area contributed by atoms with Crippen LogP contribution in [0.3, 0.4) is 0 Å². The Labute approximate surface area is 194 Å². The van der Waals surface area contributed by atoms with E-state index >= 15 is 0 Å². The maximum atomic E-state index is 12.4. The van der Waals surface area contributed by atoms with Gasteiger partial charge in [0.1, 0.15) is 5.75 Å². The molecule has 1 aromatic heterocycles. The van der Waals surface area contributed by atoms with Gasteiger partial charge in [0.15, 0.2) is 5.13 Å². The van der Waals surface area contributed by atoms with Crippen LogP contribution >= 0.6 is 11.3 Å². The predicted molar refractivity (Wildman–Crippen MR) is 132 cm³/mol. The zero-order valence-electron chi connectivity index (χ0n) is 19.4. The van der Waals surface area contributed by atoms with Crippen LogP contribution in [-0.2, 0) is 0 Å². The van der Waals surface area contributed by atoms with Crippen molar-refractivity contribution < 1.29 is 9.53 Å². The van der Waals surface area contributed by atoms with E-state index < -0.39 is 0 Å². The largest absolute Gasteiger partial charge is 0.491 e. The standard InChI is InChI=1S/C25H32N4O2S/c1-17(2)31-21-7-5-20(6-8-21)24(30)26-9-10-28-11-13-29(14-12-28)25-27-22-16-18(3)15-19(4)23(22)32-25/h5-8,15-17H,9-14H2,1-4H3,(H,26,30). The third-order valence-corrected chi connectivity index (χ3v) is 6.92. The molecule has 0 bridgehead atoms. The first-order valence-electron chi connectivity index (χ1n) is 11.3. The van der Waals surface area contributed by atoms with Crippen LogP contribution in [0.15, 0.2) is 36.4 Å². The smallest absolute Gasteiger partial charge is 0.251 e. The van der Waals surface area contributed by atoms with Crippen LogP contribution in [0.1, 0.15) is 35.3 Å². The topological polar surface area (TPSA) is 57.7 Å². The Morgan fingerprint density at radius 1 is 1.12 bits per heavy atom. The number of fused-ring (bicyclic) bond motifs is 1. The Bertz CT molecular complexity index is 1070. The molecule has 0 spiro atoms. The Balaban J connectivity index is 1.23. The lowest BCUT2D eigenvalue weighted by Gasteiger charge is -2.34. The molecule has 2 heterocycles. The van der Waals surface area contributed by atoms with Gasteiger partial charge in [0.2, 0.25) is 0 Å². The van der Waals surface area contributed by atoms with Gasteiger partial charge < -0.3 is 15.0 Å². The molecular weight excluding hydrogens is 420 g/mol. The molecule has 170 valence electrons. The van der Waals surface area contributed by atoms with Gasteiger partial charge in [0.05, 0.1) is 16.3 Å². The summed E-state index contributed by atoms with van der Waals surface area (Å²) in [7, 11) is 0. The molecule has 1 amide bonds. The van der Waals surface area contributed by atoms with Gasteiger partial charge in [-0.2, -0.15) is 0 Å². The second kappa shape index (κ2) is 9.88. The number of carbonyl (C=O) groups is 1. The fourth-order valence-corrected chi connectivity index (χ4v) is 5.12. The van der Waals surface area contributed by atoms with Crippen molar-refractivity contribution >= 4 is 32.6 Å². The molecule has 4 rings (SSSR count). The number of benzene rings is 2. The van der Waals surface area contributed by atoms with Crippen LogP contribution in [-0.4, -0.2) is 61.2 Å². The highest BCUT2D eigenvalue weighted by atomic mass is 32.1. The highest BCUT2D eigenvalue weighted by Gasteiger charge is 2.20. The second-order valence-electron chi connectivity index (χ2n) is 8.70. The number of thiazole rings is 1. The summed E-state index contributed by atoms with van der Waals surface area (Å²) in [6, 6.07) is 11.7. The van der Waals surface area contributed by atoms with Gasteiger partial charge in [-0.25, -0.2) is 4.98 Å². The van der Waals surface area contributed by atoms with Crippen molar-refractivity contribution in [1.29, 1.82) is 0 Å². The molecule has 1 aliphatic rings. The van der Waals surface area contributed by atoms with Crippen LogP contribution in [0.4, 0.5) is 5.13 Å². The second-order valence-corrected chi connectivity index (χ2v) is 9.68. The summed E-state index contributed by atoms with van der Waals surface area (Å²) in [6.07, 6.45) is 0.123. The van der Waals surface area contributed by atoms with E-state index in [2.05, 4.69) is 41.1 Å². The number of ether oxygens (including phenoxy) is 1. The highest BCUT2D eigenvalue weighted by Crippen LogP contribution is 2.32. The molecule has 7 heteroatoms. The van der Waals surface area contributed by atoms with Crippen molar-refractivity contribution in [3.8, 4) is 5.75 Å². The van der Waals surface area contributed by atoms with Crippen molar-refractivity contribution in [2.75, 3.05) is 44.2 Å². The molecule has 1 N–H and O–H groups in total. The number of hydrogen-bond acceptors (Lipinski definition) is 6. The number of aryl methyl sites for hydroxylation is 2. The van der Waals surface area contributed by atoms with Crippen molar-refractivity contribution in [3.05, 3.63) is 53.1 Å². The summed E-state index contributed by atoms with van der Waals surface area (Å²) in [5.41, 5.74) is 4.34. The Morgan fingerprint density at radius 3 is 2.53 bits per heavy atom. The van der Waals surface area contributed by atoms with Gasteiger partial charge >= 0.3 is 0 Å². The van der Waals surface area contributed by atoms with E-state index in [1.807, 2.05) is 38.1 Å². The van der Waals surface area contributed by atoms with Gasteiger partial charge in [0, 0.05) is 44.8 Å². The quantitative estimate of drug-likeness (QED) is 0.581. The predicted octanol–water partition coefficient (Wildman–Crippen LogP) is 4.25. The number of aromatic nitrogens is 1. The summed E-state index contributed by atoms with van der Waals surface area (Å²) < 4.78 is 6.92. The SMILES string of the molecule is Cc1cc(C)c2sc(N3CCN(CCNC(=O)c4ccc(OC(C)C)cc4)CC3)nc2c1. The minimum atomic E-state index is -0.0418. The van der Waals surface area contributed by atoms with Crippen molar-refractivity contribution in [2.24, 2.45) is 0 Å². The number of amides is 1. The summed E-state index contributed by atoms with van der Waals surface area (Å²) in [5, 5.41) is 4.15. The molecule has 1 fully saturated rings. The molecule has 1 saturated heterocycles. The van der Waals surface area contributed by atoms with E-state index in [0.29, 0.717) is 12.1 Å². The van der Waals surface area contributed by atoms with Crippen LogP contribution < -0.4 is 15.0 Å². The van der Waals surface area contributed by atoms with Crippen molar-refractivity contribution in [2.45, 2.75) is 33.8 Å². The van der Waals surface area contributed by atoms with E-state index in [9.17, 15) is 4.79 Å². The third kappa shape index (κ3) is 5.40. The van der Waals surface area contributed by atoms with Gasteiger partial charge in [-0.3, -0.25) is 9.69 Å². The number of anilines is 1. The molecule has 0 unspecified atom stereocenters. The number of nitrogens with one attached hydrogen (secondary N) is 1. The third-order valence-electron chi connectivity index (χ3n) is 5.65. The van der Waals surface area contributed by atoms with Crippen LogP contribution in [0.25, 0.3) is 10.2 Å². The summed E-state index contributed by atoms with van der Waals surface area (Å²) in [4.78, 5) is 22.1. The molecule has 0 radical (unpaired) electrons. The van der Waals surface area contributed by atoms with E-state index in [4.69, 9.17) is 9.72 Å². The summed E-state index contributed by atoms with van der Waals surface area (Å²) in [6.45, 7) is 13.6. The lowest BCUT2D eigenvalue weighted by atomic mass is 10.1. The highest BCUT2D eigenvalue weighted by molar-refractivity contribution is 7.22. The monoisotopic (exact) mass is 452 g/mol. The molecule has 6 nitrogen and oxygen atoms in total. The van der Waals surface area contributed by atoms with Crippen molar-refractivity contribution in [1.82, 2.24) is 15.2 Å².